The number of hydrogen-bond acceptors (Lipinski definition) is 6. The maximum atomic E-state index is 12.3. The minimum Gasteiger partial charge on any atom is -0.466 e. The summed E-state index contributed by atoms with van der Waals surface area (Å²) in [6, 6.07) is 8.60. The van der Waals surface area contributed by atoms with Crippen molar-refractivity contribution < 1.29 is 19.1 Å². The van der Waals surface area contributed by atoms with E-state index in [0.29, 0.717) is 16.8 Å². The first-order valence-electron chi connectivity index (χ1n) is 9.23. The number of carbonyl (C=O) groups is 3. The van der Waals surface area contributed by atoms with Crippen LogP contribution in [-0.2, 0) is 14.3 Å². The van der Waals surface area contributed by atoms with Crippen LogP contribution in [0.3, 0.4) is 0 Å². The number of pyridine rings is 1. The van der Waals surface area contributed by atoms with Gasteiger partial charge in [0.05, 0.1) is 25.6 Å². The van der Waals surface area contributed by atoms with Crippen LogP contribution in [0.4, 0.5) is 10.5 Å². The van der Waals surface area contributed by atoms with E-state index in [1.54, 1.807) is 55.7 Å². The van der Waals surface area contributed by atoms with E-state index in [-0.39, 0.29) is 25.4 Å². The molecule has 2 rings (SSSR count). The van der Waals surface area contributed by atoms with E-state index in [1.165, 1.54) is 0 Å². The summed E-state index contributed by atoms with van der Waals surface area (Å²) in [6.45, 7) is 1.64. The molecule has 0 fully saturated rings. The maximum absolute atomic E-state index is 12.3. The zero-order chi connectivity index (χ0) is 21.9. The molecule has 1 heterocycles. The minimum absolute atomic E-state index is 0.0556. The molecule has 0 radical (unpaired) electrons. The monoisotopic (exact) mass is 412 g/mol. The average molecular weight is 412 g/mol. The van der Waals surface area contributed by atoms with E-state index in [1.807, 2.05) is 0 Å². The first kappa shape index (κ1) is 22.3. The van der Waals surface area contributed by atoms with Crippen molar-refractivity contribution in [1.29, 1.82) is 5.41 Å². The van der Waals surface area contributed by atoms with Gasteiger partial charge in [0.1, 0.15) is 5.84 Å². The van der Waals surface area contributed by atoms with Crippen molar-refractivity contribution in [2.45, 2.75) is 19.4 Å². The molecule has 6 N–H and O–H groups in total. The van der Waals surface area contributed by atoms with Gasteiger partial charge in [-0.1, -0.05) is 6.07 Å². The van der Waals surface area contributed by atoms with Crippen LogP contribution in [0.15, 0.2) is 48.8 Å². The average Bonchev–Trinajstić information content (AvgIpc) is 2.73. The Morgan fingerprint density at radius 2 is 1.93 bits per heavy atom. The Hall–Kier alpha value is -3.95. The second-order valence-electron chi connectivity index (χ2n) is 6.21. The van der Waals surface area contributed by atoms with Gasteiger partial charge < -0.3 is 26.4 Å². The molecule has 0 aliphatic heterocycles. The molecule has 3 amide bonds. The molecule has 0 aliphatic carbocycles. The molecular formula is C20H24N6O4. The van der Waals surface area contributed by atoms with Crippen molar-refractivity contribution in [2.24, 2.45) is 5.73 Å². The van der Waals surface area contributed by atoms with Crippen molar-refractivity contribution in [3.8, 4) is 0 Å². The number of esters is 1. The molecule has 30 heavy (non-hydrogen) atoms. The number of urea groups is 1. The third-order valence-corrected chi connectivity index (χ3v) is 3.96. The summed E-state index contributed by atoms with van der Waals surface area (Å²) in [5.74, 6) is -1.00. The van der Waals surface area contributed by atoms with Gasteiger partial charge in [-0.05, 0) is 42.8 Å². The summed E-state index contributed by atoms with van der Waals surface area (Å²) in [6.07, 6.45) is 3.08. The van der Waals surface area contributed by atoms with Crippen molar-refractivity contribution in [1.82, 2.24) is 15.6 Å². The summed E-state index contributed by atoms with van der Waals surface area (Å²) < 4.78 is 4.95. The topological polar surface area (TPSA) is 159 Å². The highest BCUT2D eigenvalue weighted by Crippen LogP contribution is 2.16. The lowest BCUT2D eigenvalue weighted by Gasteiger charge is -2.18. The molecule has 0 spiro atoms. The fourth-order valence-electron chi connectivity index (χ4n) is 2.54. The molecule has 10 heteroatoms. The molecule has 1 atom stereocenters. The van der Waals surface area contributed by atoms with Gasteiger partial charge in [-0.25, -0.2) is 4.79 Å². The first-order chi connectivity index (χ1) is 14.4. The number of anilines is 1. The van der Waals surface area contributed by atoms with Crippen LogP contribution in [0.5, 0.6) is 0 Å². The number of amidine groups is 1. The number of rotatable bonds is 9. The third-order valence-electron chi connectivity index (χ3n) is 3.96. The van der Waals surface area contributed by atoms with Crippen molar-refractivity contribution >= 4 is 29.4 Å². The van der Waals surface area contributed by atoms with E-state index in [2.05, 4.69) is 20.9 Å². The Kier molecular flexibility index (Phi) is 8.30. The number of hydrogen-bond donors (Lipinski definition) is 5. The van der Waals surface area contributed by atoms with Crippen LogP contribution in [0, 0.1) is 5.41 Å². The summed E-state index contributed by atoms with van der Waals surface area (Å²) in [4.78, 5) is 40.1. The number of nitrogens with two attached hydrogens (primary N) is 1. The predicted octanol–water partition coefficient (Wildman–Crippen LogP) is 1.30. The van der Waals surface area contributed by atoms with Crippen LogP contribution >= 0.6 is 0 Å². The Bertz CT molecular complexity index is 886. The standard InChI is InChI=1S/C20H24N6O4/c1-2-30-18(28)10-16(14-4-3-9-23-11-14)26-17(27)12-24-20(29)25-15-7-5-13(6-8-15)19(21)22/h3-9,11,16H,2,10,12H2,1H3,(H3,21,22)(H,26,27)(H2,24,25,29). The molecule has 0 saturated heterocycles. The Morgan fingerprint density at radius 3 is 2.53 bits per heavy atom. The number of nitrogen functional groups attached to an aromatic ring is 1. The number of ether oxygens (including phenoxy) is 1. The second kappa shape index (κ2) is 11.1. The predicted molar refractivity (Wildman–Crippen MR) is 111 cm³/mol. The lowest BCUT2D eigenvalue weighted by molar-refractivity contribution is -0.143. The van der Waals surface area contributed by atoms with Gasteiger partial charge in [-0.2, -0.15) is 0 Å². The molecule has 1 unspecified atom stereocenters. The first-order valence-corrected chi connectivity index (χ1v) is 9.23. The lowest BCUT2D eigenvalue weighted by atomic mass is 10.1. The number of nitrogens with one attached hydrogen (secondary N) is 4. The highest BCUT2D eigenvalue weighted by molar-refractivity contribution is 5.96. The minimum atomic E-state index is -0.630. The maximum Gasteiger partial charge on any atom is 0.319 e. The van der Waals surface area contributed by atoms with Crippen LogP contribution in [0.2, 0.25) is 0 Å². The molecule has 1 aromatic heterocycles. The lowest BCUT2D eigenvalue weighted by Crippen LogP contribution is -2.40. The number of benzene rings is 1. The van der Waals surface area contributed by atoms with Gasteiger partial charge in [0, 0.05) is 23.6 Å². The summed E-state index contributed by atoms with van der Waals surface area (Å²) in [5, 5.41) is 15.1. The van der Waals surface area contributed by atoms with Gasteiger partial charge in [0.15, 0.2) is 0 Å². The van der Waals surface area contributed by atoms with Crippen molar-refractivity contribution in [3.63, 3.8) is 0 Å². The number of aromatic nitrogens is 1. The quantitative estimate of drug-likeness (QED) is 0.237. The number of carbonyl (C=O) groups excluding carboxylic acids is 3. The Morgan fingerprint density at radius 1 is 1.20 bits per heavy atom. The summed E-state index contributed by atoms with van der Waals surface area (Å²) in [5.41, 5.74) is 7.04. The van der Waals surface area contributed by atoms with Crippen molar-refractivity contribution in [3.05, 3.63) is 59.9 Å². The van der Waals surface area contributed by atoms with Crippen molar-refractivity contribution in [2.75, 3.05) is 18.5 Å². The van der Waals surface area contributed by atoms with Gasteiger partial charge in [-0.15, -0.1) is 0 Å². The van der Waals surface area contributed by atoms with E-state index in [0.717, 1.165) is 0 Å². The van der Waals surface area contributed by atoms with Gasteiger partial charge >= 0.3 is 12.0 Å². The van der Waals surface area contributed by atoms with E-state index in [4.69, 9.17) is 15.9 Å². The third kappa shape index (κ3) is 7.23. The molecule has 2 aromatic rings. The van der Waals surface area contributed by atoms with Crippen LogP contribution < -0.4 is 21.7 Å². The fourth-order valence-corrected chi connectivity index (χ4v) is 2.54. The summed E-state index contributed by atoms with van der Waals surface area (Å²) >= 11 is 0. The molecule has 158 valence electrons. The zero-order valence-electron chi connectivity index (χ0n) is 16.5. The normalized spacial score (nSPS) is 11.1. The highest BCUT2D eigenvalue weighted by atomic mass is 16.5. The number of amides is 3. The van der Waals surface area contributed by atoms with E-state index in [9.17, 15) is 14.4 Å². The SMILES string of the molecule is CCOC(=O)CC(NC(=O)CNC(=O)Nc1ccc(C(=N)N)cc1)c1cccnc1. The molecule has 0 bridgehead atoms. The highest BCUT2D eigenvalue weighted by Gasteiger charge is 2.19. The molecule has 10 nitrogen and oxygen atoms in total. The van der Waals surface area contributed by atoms with Gasteiger partial charge in [-0.3, -0.25) is 20.0 Å². The second-order valence-corrected chi connectivity index (χ2v) is 6.21. The van der Waals surface area contributed by atoms with Crippen LogP contribution in [0.1, 0.15) is 30.5 Å². The Labute approximate surface area is 173 Å². The molecular weight excluding hydrogens is 388 g/mol. The van der Waals surface area contributed by atoms with Crippen LogP contribution in [-0.4, -0.2) is 41.9 Å². The summed E-state index contributed by atoms with van der Waals surface area (Å²) in [7, 11) is 0. The molecule has 1 aromatic carbocycles. The Balaban J connectivity index is 1.88. The molecule has 0 saturated carbocycles. The smallest absolute Gasteiger partial charge is 0.319 e. The van der Waals surface area contributed by atoms with E-state index < -0.39 is 23.9 Å². The van der Waals surface area contributed by atoms with Gasteiger partial charge in [0.2, 0.25) is 5.91 Å². The zero-order valence-corrected chi connectivity index (χ0v) is 16.5. The van der Waals surface area contributed by atoms with Gasteiger partial charge in [0.25, 0.3) is 0 Å². The fraction of sp³-hybridized carbons (Fsp3) is 0.250. The molecule has 0 aliphatic rings. The number of nitrogens with zero attached hydrogens (tertiary/aromatic N) is 1. The van der Waals surface area contributed by atoms with Crippen LogP contribution in [0.25, 0.3) is 0 Å². The van der Waals surface area contributed by atoms with E-state index >= 15 is 0 Å². The largest absolute Gasteiger partial charge is 0.466 e.